The Morgan fingerprint density at radius 3 is 2.78 bits per heavy atom. The summed E-state index contributed by atoms with van der Waals surface area (Å²) in [6.07, 6.45) is 1.70. The summed E-state index contributed by atoms with van der Waals surface area (Å²) in [6, 6.07) is 13.7. The summed E-state index contributed by atoms with van der Waals surface area (Å²) >= 11 is 0. The summed E-state index contributed by atoms with van der Waals surface area (Å²) in [4.78, 5) is 6.87. The van der Waals surface area contributed by atoms with E-state index in [2.05, 4.69) is 16.8 Å². The van der Waals surface area contributed by atoms with Crippen LogP contribution >= 0.6 is 0 Å². The molecule has 0 spiro atoms. The Labute approximate surface area is 158 Å². The fourth-order valence-corrected chi connectivity index (χ4v) is 3.09. The molecule has 6 nitrogen and oxygen atoms in total. The van der Waals surface area contributed by atoms with Crippen molar-refractivity contribution in [2.45, 2.75) is 20.4 Å². The quantitative estimate of drug-likeness (QED) is 0.614. The highest BCUT2D eigenvalue weighted by Gasteiger charge is 2.17. The van der Waals surface area contributed by atoms with Crippen LogP contribution < -0.4 is 19.1 Å². The minimum absolute atomic E-state index is 0.275. The first-order valence-corrected chi connectivity index (χ1v) is 9.09. The van der Waals surface area contributed by atoms with Gasteiger partial charge in [-0.05, 0) is 38.1 Å². The van der Waals surface area contributed by atoms with Gasteiger partial charge in [-0.15, -0.1) is 0 Å². The van der Waals surface area contributed by atoms with Crippen LogP contribution in [0.3, 0.4) is 0 Å². The zero-order valence-corrected chi connectivity index (χ0v) is 15.5. The van der Waals surface area contributed by atoms with Crippen LogP contribution in [-0.2, 0) is 6.54 Å². The Morgan fingerprint density at radius 2 is 1.93 bits per heavy atom. The van der Waals surface area contributed by atoms with Crippen molar-refractivity contribution in [2.24, 2.45) is 0 Å². The van der Waals surface area contributed by atoms with Crippen molar-refractivity contribution >= 4 is 5.69 Å². The van der Waals surface area contributed by atoms with E-state index in [-0.39, 0.29) is 6.79 Å². The zero-order valence-electron chi connectivity index (χ0n) is 15.5. The van der Waals surface area contributed by atoms with E-state index >= 15 is 0 Å². The molecule has 0 aliphatic carbocycles. The Hall–Kier alpha value is -3.15. The number of anilines is 1. The van der Waals surface area contributed by atoms with Crippen LogP contribution in [0.1, 0.15) is 19.5 Å². The maximum absolute atomic E-state index is 5.73. The second-order valence-corrected chi connectivity index (χ2v) is 6.12. The summed E-state index contributed by atoms with van der Waals surface area (Å²) in [5.74, 6) is 2.90. The molecule has 0 amide bonds. The number of fused-ring (bicyclic) bond motifs is 1. The largest absolute Gasteiger partial charge is 0.493 e. The van der Waals surface area contributed by atoms with E-state index < -0.39 is 0 Å². The molecule has 1 aliphatic rings. The summed E-state index contributed by atoms with van der Waals surface area (Å²) in [5, 5.41) is 0. The molecule has 3 aromatic rings. The molecule has 2 heterocycles. The van der Waals surface area contributed by atoms with Crippen molar-refractivity contribution in [3.63, 3.8) is 0 Å². The number of benzene rings is 2. The Bertz CT molecular complexity index is 922. The van der Waals surface area contributed by atoms with Gasteiger partial charge in [-0.3, -0.25) is 0 Å². The average Bonchev–Trinajstić information content (AvgIpc) is 3.35. The minimum Gasteiger partial charge on any atom is -0.493 e. The molecular weight excluding hydrogens is 344 g/mol. The van der Waals surface area contributed by atoms with Gasteiger partial charge in [0.2, 0.25) is 12.7 Å². The van der Waals surface area contributed by atoms with Gasteiger partial charge in [0, 0.05) is 18.3 Å². The molecule has 6 heteroatoms. The van der Waals surface area contributed by atoms with Crippen molar-refractivity contribution in [1.29, 1.82) is 0 Å². The maximum atomic E-state index is 5.73. The highest BCUT2D eigenvalue weighted by atomic mass is 16.7. The lowest BCUT2D eigenvalue weighted by Crippen LogP contribution is -2.22. The van der Waals surface area contributed by atoms with Crippen molar-refractivity contribution in [1.82, 2.24) is 4.98 Å². The normalized spacial score (nSPS) is 12.2. The van der Waals surface area contributed by atoms with Gasteiger partial charge in [0.15, 0.2) is 11.5 Å². The lowest BCUT2D eigenvalue weighted by Gasteiger charge is -2.22. The monoisotopic (exact) mass is 366 g/mol. The highest BCUT2D eigenvalue weighted by Crippen LogP contribution is 2.36. The van der Waals surface area contributed by atoms with E-state index in [0.717, 1.165) is 40.7 Å². The first-order chi connectivity index (χ1) is 13.3. The molecule has 0 N–H and O–H groups in total. The summed E-state index contributed by atoms with van der Waals surface area (Å²) < 4.78 is 22.3. The molecule has 27 heavy (non-hydrogen) atoms. The molecule has 1 aromatic heterocycles. The number of hydrogen-bond donors (Lipinski definition) is 0. The molecule has 140 valence electrons. The van der Waals surface area contributed by atoms with E-state index in [1.807, 2.05) is 49.4 Å². The van der Waals surface area contributed by atoms with Crippen LogP contribution in [0.5, 0.6) is 17.2 Å². The van der Waals surface area contributed by atoms with Crippen LogP contribution in [0.2, 0.25) is 0 Å². The third-order valence-electron chi connectivity index (χ3n) is 4.42. The van der Waals surface area contributed by atoms with Gasteiger partial charge in [-0.25, -0.2) is 4.98 Å². The summed E-state index contributed by atoms with van der Waals surface area (Å²) in [7, 11) is 0. The Balaban J connectivity index is 1.55. The van der Waals surface area contributed by atoms with Crippen molar-refractivity contribution in [2.75, 3.05) is 24.8 Å². The number of para-hydroxylation sites is 1. The van der Waals surface area contributed by atoms with Gasteiger partial charge < -0.3 is 23.5 Å². The summed E-state index contributed by atoms with van der Waals surface area (Å²) in [5.41, 5.74) is 2.77. The molecule has 0 atom stereocenters. The number of rotatable bonds is 7. The van der Waals surface area contributed by atoms with Gasteiger partial charge in [0.1, 0.15) is 12.0 Å². The minimum atomic E-state index is 0.275. The van der Waals surface area contributed by atoms with Crippen LogP contribution in [0.15, 0.2) is 53.1 Å². The molecule has 0 radical (unpaired) electrons. The van der Waals surface area contributed by atoms with E-state index in [1.165, 1.54) is 0 Å². The first kappa shape index (κ1) is 17.3. The van der Waals surface area contributed by atoms with E-state index in [1.54, 1.807) is 6.26 Å². The van der Waals surface area contributed by atoms with E-state index in [9.17, 15) is 0 Å². The molecule has 0 saturated heterocycles. The molecule has 1 aliphatic heterocycles. The lowest BCUT2D eigenvalue weighted by molar-refractivity contribution is 0.174. The zero-order chi connectivity index (χ0) is 18.6. The smallest absolute Gasteiger partial charge is 0.231 e. The topological polar surface area (TPSA) is 57.0 Å². The summed E-state index contributed by atoms with van der Waals surface area (Å²) in [6.45, 7) is 6.40. The average molecular weight is 366 g/mol. The second-order valence-electron chi connectivity index (χ2n) is 6.12. The Kier molecular flexibility index (Phi) is 4.87. The third kappa shape index (κ3) is 3.56. The van der Waals surface area contributed by atoms with Gasteiger partial charge in [0.25, 0.3) is 0 Å². The van der Waals surface area contributed by atoms with Crippen molar-refractivity contribution in [3.8, 4) is 28.7 Å². The van der Waals surface area contributed by atoms with Gasteiger partial charge >= 0.3 is 0 Å². The van der Waals surface area contributed by atoms with Gasteiger partial charge in [0.05, 0.1) is 24.4 Å². The number of ether oxygens (including phenoxy) is 3. The van der Waals surface area contributed by atoms with Gasteiger partial charge in [-0.1, -0.05) is 12.1 Å². The molecular formula is C21H22N2O4. The van der Waals surface area contributed by atoms with Crippen LogP contribution in [0.25, 0.3) is 11.5 Å². The standard InChI is InChI=1S/C21H22N2O4/c1-3-23(16-9-10-19-20(11-16)27-14-26-19)12-15-13-25-21(22-15)17-7-5-6-8-18(17)24-4-2/h5-11,13H,3-4,12,14H2,1-2H3. The molecule has 0 saturated carbocycles. The lowest BCUT2D eigenvalue weighted by atomic mass is 10.2. The molecule has 2 aromatic carbocycles. The van der Waals surface area contributed by atoms with Crippen molar-refractivity contribution < 1.29 is 18.6 Å². The highest BCUT2D eigenvalue weighted by molar-refractivity contribution is 5.63. The number of hydrogen-bond acceptors (Lipinski definition) is 6. The molecule has 0 bridgehead atoms. The number of aromatic nitrogens is 1. The molecule has 0 fully saturated rings. The molecule has 4 rings (SSSR count). The van der Waals surface area contributed by atoms with Crippen molar-refractivity contribution in [3.05, 3.63) is 54.4 Å². The Morgan fingerprint density at radius 1 is 1.07 bits per heavy atom. The van der Waals surface area contributed by atoms with E-state index in [0.29, 0.717) is 19.0 Å². The fraction of sp³-hybridized carbons (Fsp3) is 0.286. The predicted molar refractivity (Wildman–Crippen MR) is 102 cm³/mol. The van der Waals surface area contributed by atoms with Crippen LogP contribution in [0, 0.1) is 0 Å². The fourth-order valence-electron chi connectivity index (χ4n) is 3.09. The number of oxazole rings is 1. The van der Waals surface area contributed by atoms with Crippen LogP contribution in [-0.4, -0.2) is 24.9 Å². The number of nitrogens with zero attached hydrogens (tertiary/aromatic N) is 2. The van der Waals surface area contributed by atoms with Crippen LogP contribution in [0.4, 0.5) is 5.69 Å². The maximum Gasteiger partial charge on any atom is 0.231 e. The SMILES string of the molecule is CCOc1ccccc1-c1nc(CN(CC)c2ccc3c(c2)OCO3)co1. The molecule has 0 unspecified atom stereocenters. The predicted octanol–water partition coefficient (Wildman–Crippen LogP) is 4.50. The first-order valence-electron chi connectivity index (χ1n) is 9.09. The third-order valence-corrected chi connectivity index (χ3v) is 4.42. The second kappa shape index (κ2) is 7.61. The van der Waals surface area contributed by atoms with Gasteiger partial charge in [-0.2, -0.15) is 0 Å². The van der Waals surface area contributed by atoms with E-state index in [4.69, 9.17) is 18.6 Å².